The lowest BCUT2D eigenvalue weighted by atomic mass is 10.0. The maximum Gasteiger partial charge on any atom is 0.336 e. The lowest BCUT2D eigenvalue weighted by Gasteiger charge is -2.11. The summed E-state index contributed by atoms with van der Waals surface area (Å²) in [5.74, 6) is 0.263. The monoisotopic (exact) mass is 336 g/mol. The van der Waals surface area contributed by atoms with Gasteiger partial charge in [-0.3, -0.25) is 4.79 Å². The number of fused-ring (bicyclic) bond motifs is 3. The van der Waals surface area contributed by atoms with Crippen LogP contribution >= 0.6 is 0 Å². The molecule has 0 aliphatic heterocycles. The molecule has 1 aromatic heterocycles. The summed E-state index contributed by atoms with van der Waals surface area (Å²) in [5, 5.41) is 2.89. The van der Waals surface area contributed by atoms with Crippen LogP contribution in [-0.4, -0.2) is 5.97 Å². The summed E-state index contributed by atoms with van der Waals surface area (Å²) in [6.07, 6.45) is 5.10. The Hall–Kier alpha value is -2.62. The summed E-state index contributed by atoms with van der Waals surface area (Å²) < 4.78 is 10.8. The summed E-state index contributed by atoms with van der Waals surface area (Å²) in [6, 6.07) is 13.1. The Labute approximate surface area is 145 Å². The standard InChI is InChI=1S/C21H20O4/c22-19(11-14-5-1-2-6-14)24-13-16-12-20(23)25-18-10-9-15-7-3-4-8-17(15)21(16)18/h3-4,7-10,12,14H,1-2,5-6,11,13H2. The van der Waals surface area contributed by atoms with Gasteiger partial charge in [-0.2, -0.15) is 0 Å². The number of carbonyl (C=O) groups is 1. The second kappa shape index (κ2) is 6.71. The second-order valence-corrected chi connectivity index (χ2v) is 6.77. The van der Waals surface area contributed by atoms with Crippen LogP contribution in [-0.2, 0) is 16.1 Å². The fourth-order valence-corrected chi connectivity index (χ4v) is 3.80. The molecule has 0 spiro atoms. The molecule has 2 aromatic carbocycles. The van der Waals surface area contributed by atoms with E-state index >= 15 is 0 Å². The summed E-state index contributed by atoms with van der Waals surface area (Å²) in [7, 11) is 0. The summed E-state index contributed by atoms with van der Waals surface area (Å²) in [6.45, 7) is 0.0989. The first-order valence-corrected chi connectivity index (χ1v) is 8.81. The molecule has 25 heavy (non-hydrogen) atoms. The molecular formula is C21H20O4. The van der Waals surface area contributed by atoms with E-state index in [1.54, 1.807) is 6.07 Å². The maximum absolute atomic E-state index is 12.1. The van der Waals surface area contributed by atoms with E-state index in [-0.39, 0.29) is 12.6 Å². The molecule has 1 aliphatic rings. The molecule has 4 heteroatoms. The minimum Gasteiger partial charge on any atom is -0.461 e. The van der Waals surface area contributed by atoms with Crippen molar-refractivity contribution in [1.29, 1.82) is 0 Å². The van der Waals surface area contributed by atoms with E-state index in [1.807, 2.05) is 30.3 Å². The zero-order valence-electron chi connectivity index (χ0n) is 14.0. The molecular weight excluding hydrogens is 316 g/mol. The van der Waals surface area contributed by atoms with Crippen molar-refractivity contribution in [2.45, 2.75) is 38.7 Å². The number of hydrogen-bond acceptors (Lipinski definition) is 4. The Morgan fingerprint density at radius 3 is 2.76 bits per heavy atom. The van der Waals surface area contributed by atoms with Gasteiger partial charge in [-0.1, -0.05) is 43.2 Å². The van der Waals surface area contributed by atoms with Crippen molar-refractivity contribution in [3.8, 4) is 0 Å². The SMILES string of the molecule is O=C(CC1CCCC1)OCc1cc(=O)oc2ccc3ccccc3c12. The third-order valence-electron chi connectivity index (χ3n) is 5.03. The average Bonchev–Trinajstić information content (AvgIpc) is 3.12. The third kappa shape index (κ3) is 3.29. The van der Waals surface area contributed by atoms with Crippen molar-refractivity contribution < 1.29 is 13.9 Å². The van der Waals surface area contributed by atoms with E-state index in [0.717, 1.165) is 29.0 Å². The minimum absolute atomic E-state index is 0.0989. The van der Waals surface area contributed by atoms with Crippen LogP contribution in [0.1, 0.15) is 37.7 Å². The average molecular weight is 336 g/mol. The summed E-state index contributed by atoms with van der Waals surface area (Å²) >= 11 is 0. The Balaban J connectivity index is 1.65. The predicted octanol–water partition coefficient (Wildman–Crippen LogP) is 4.57. The molecule has 128 valence electrons. The van der Waals surface area contributed by atoms with Gasteiger partial charge in [0.1, 0.15) is 12.2 Å². The van der Waals surface area contributed by atoms with Crippen molar-refractivity contribution in [1.82, 2.24) is 0 Å². The van der Waals surface area contributed by atoms with E-state index in [2.05, 4.69) is 0 Å². The van der Waals surface area contributed by atoms with Crippen molar-refractivity contribution in [3.63, 3.8) is 0 Å². The van der Waals surface area contributed by atoms with Crippen LogP contribution in [0.25, 0.3) is 21.7 Å². The molecule has 1 saturated carbocycles. The van der Waals surface area contributed by atoms with Crippen molar-refractivity contribution >= 4 is 27.7 Å². The summed E-state index contributed by atoms with van der Waals surface area (Å²) in [4.78, 5) is 24.0. The lowest BCUT2D eigenvalue weighted by molar-refractivity contribution is -0.146. The molecule has 0 N–H and O–H groups in total. The third-order valence-corrected chi connectivity index (χ3v) is 5.03. The molecule has 0 amide bonds. The zero-order valence-corrected chi connectivity index (χ0v) is 14.0. The molecule has 4 nitrogen and oxygen atoms in total. The second-order valence-electron chi connectivity index (χ2n) is 6.77. The Morgan fingerprint density at radius 2 is 1.92 bits per heavy atom. The zero-order chi connectivity index (χ0) is 17.2. The van der Waals surface area contributed by atoms with Crippen molar-refractivity contribution in [2.75, 3.05) is 0 Å². The van der Waals surface area contributed by atoms with Crippen LogP contribution in [0.5, 0.6) is 0 Å². The van der Waals surface area contributed by atoms with Gasteiger partial charge in [0, 0.05) is 23.4 Å². The van der Waals surface area contributed by atoms with Gasteiger partial charge in [-0.05, 0) is 35.6 Å². The van der Waals surface area contributed by atoms with Crippen LogP contribution in [0.3, 0.4) is 0 Å². The predicted molar refractivity (Wildman–Crippen MR) is 96.4 cm³/mol. The first-order valence-electron chi connectivity index (χ1n) is 8.81. The van der Waals surface area contributed by atoms with E-state index in [0.29, 0.717) is 23.5 Å². The fourth-order valence-electron chi connectivity index (χ4n) is 3.80. The Bertz CT molecular complexity index is 980. The van der Waals surface area contributed by atoms with Gasteiger partial charge in [0.05, 0.1) is 0 Å². The van der Waals surface area contributed by atoms with Crippen LogP contribution in [0, 0.1) is 5.92 Å². The first kappa shape index (κ1) is 15.9. The topological polar surface area (TPSA) is 56.5 Å². The fraction of sp³-hybridized carbons (Fsp3) is 0.333. The molecule has 3 aromatic rings. The summed E-state index contributed by atoms with van der Waals surface area (Å²) in [5.41, 5.74) is 0.792. The van der Waals surface area contributed by atoms with E-state index < -0.39 is 5.63 Å². The minimum atomic E-state index is -0.426. The normalized spacial score (nSPS) is 15.0. The van der Waals surface area contributed by atoms with Gasteiger partial charge in [-0.15, -0.1) is 0 Å². The van der Waals surface area contributed by atoms with E-state index in [1.165, 1.54) is 18.9 Å². The number of esters is 1. The molecule has 0 radical (unpaired) electrons. The van der Waals surface area contributed by atoms with Gasteiger partial charge in [-0.25, -0.2) is 4.79 Å². The highest BCUT2D eigenvalue weighted by atomic mass is 16.5. The van der Waals surface area contributed by atoms with Crippen molar-refractivity contribution in [3.05, 3.63) is 58.4 Å². The quantitative estimate of drug-likeness (QED) is 0.398. The van der Waals surface area contributed by atoms with E-state index in [9.17, 15) is 9.59 Å². The molecule has 4 rings (SSSR count). The molecule has 0 bridgehead atoms. The molecule has 0 atom stereocenters. The van der Waals surface area contributed by atoms with Gasteiger partial charge in [0.2, 0.25) is 0 Å². The molecule has 1 aliphatic carbocycles. The number of ether oxygens (including phenoxy) is 1. The highest BCUT2D eigenvalue weighted by Crippen LogP contribution is 2.29. The molecule has 0 saturated heterocycles. The number of benzene rings is 2. The molecule has 1 fully saturated rings. The van der Waals surface area contributed by atoms with Gasteiger partial charge in [0.15, 0.2) is 0 Å². The van der Waals surface area contributed by atoms with Gasteiger partial charge >= 0.3 is 11.6 Å². The highest BCUT2D eigenvalue weighted by Gasteiger charge is 2.19. The number of carbonyl (C=O) groups excluding carboxylic acids is 1. The first-order chi connectivity index (χ1) is 12.2. The number of hydrogen-bond donors (Lipinski definition) is 0. The van der Waals surface area contributed by atoms with Crippen LogP contribution < -0.4 is 5.63 Å². The smallest absolute Gasteiger partial charge is 0.336 e. The highest BCUT2D eigenvalue weighted by molar-refractivity contribution is 6.07. The Morgan fingerprint density at radius 1 is 1.12 bits per heavy atom. The maximum atomic E-state index is 12.1. The molecule has 1 heterocycles. The van der Waals surface area contributed by atoms with Crippen molar-refractivity contribution in [2.24, 2.45) is 5.92 Å². The van der Waals surface area contributed by atoms with Crippen LogP contribution in [0.15, 0.2) is 51.7 Å². The van der Waals surface area contributed by atoms with E-state index in [4.69, 9.17) is 9.15 Å². The van der Waals surface area contributed by atoms with Crippen LogP contribution in [0.2, 0.25) is 0 Å². The number of rotatable bonds is 4. The lowest BCUT2D eigenvalue weighted by Crippen LogP contribution is -2.11. The van der Waals surface area contributed by atoms with Crippen LogP contribution in [0.4, 0.5) is 0 Å². The Kier molecular flexibility index (Phi) is 4.26. The largest absolute Gasteiger partial charge is 0.461 e. The van der Waals surface area contributed by atoms with Gasteiger partial charge in [0.25, 0.3) is 0 Å². The molecule has 0 unspecified atom stereocenters. The van der Waals surface area contributed by atoms with Gasteiger partial charge < -0.3 is 9.15 Å².